The van der Waals surface area contributed by atoms with Crippen LogP contribution in [0.5, 0.6) is 0 Å². The fourth-order valence-electron chi connectivity index (χ4n) is 3.77. The number of hydrogen-bond acceptors (Lipinski definition) is 6. The minimum atomic E-state index is -3.08. The van der Waals surface area contributed by atoms with Gasteiger partial charge in [0.25, 0.3) is 0 Å². The monoisotopic (exact) mass is 355 g/mol. The van der Waals surface area contributed by atoms with E-state index in [4.69, 9.17) is 12.2 Å². The molecule has 3 saturated heterocycles. The van der Waals surface area contributed by atoms with E-state index in [0.29, 0.717) is 10.7 Å². The number of thiocarbonyl (C=S) groups is 1. The van der Waals surface area contributed by atoms with Crippen LogP contribution < -0.4 is 0 Å². The van der Waals surface area contributed by atoms with Crippen LogP contribution in [-0.4, -0.2) is 65.4 Å². The topological polar surface area (TPSA) is 71.5 Å². The SMILES string of the molecule is CC1(N2C(=S)SC3CS(=O)(=O)CC32C)CCS(=O)(=O)C1. The zero-order chi connectivity index (χ0) is 15.0. The molecule has 0 bridgehead atoms. The first-order valence-corrected chi connectivity index (χ1v) is 11.3. The van der Waals surface area contributed by atoms with Gasteiger partial charge in [-0.3, -0.25) is 0 Å². The average Bonchev–Trinajstić information content (AvgIpc) is 2.69. The third-order valence-electron chi connectivity index (χ3n) is 4.57. The predicted octanol–water partition coefficient (Wildman–Crippen LogP) is 0.453. The van der Waals surface area contributed by atoms with Crippen LogP contribution in [0.3, 0.4) is 0 Å². The van der Waals surface area contributed by atoms with Crippen LogP contribution in [0.25, 0.3) is 0 Å². The van der Waals surface area contributed by atoms with Crippen molar-refractivity contribution in [2.75, 3.05) is 23.0 Å². The Hall–Kier alpha value is 0.140. The summed E-state index contributed by atoms with van der Waals surface area (Å²) in [4.78, 5) is 1.93. The summed E-state index contributed by atoms with van der Waals surface area (Å²) in [6, 6.07) is 0. The highest BCUT2D eigenvalue weighted by Crippen LogP contribution is 2.51. The minimum absolute atomic E-state index is 0.0586. The van der Waals surface area contributed by atoms with Gasteiger partial charge in [-0.2, -0.15) is 0 Å². The molecule has 0 aromatic heterocycles. The van der Waals surface area contributed by atoms with Crippen molar-refractivity contribution in [3.05, 3.63) is 0 Å². The molecule has 0 radical (unpaired) electrons. The summed E-state index contributed by atoms with van der Waals surface area (Å²) in [6.07, 6.45) is 0.512. The van der Waals surface area contributed by atoms with E-state index in [9.17, 15) is 16.8 Å². The van der Waals surface area contributed by atoms with Gasteiger partial charge in [-0.05, 0) is 20.3 Å². The maximum Gasteiger partial charge on any atom is 0.153 e. The van der Waals surface area contributed by atoms with Crippen molar-refractivity contribution in [1.82, 2.24) is 4.90 Å². The Morgan fingerprint density at radius 1 is 1.20 bits per heavy atom. The van der Waals surface area contributed by atoms with Gasteiger partial charge in [0, 0.05) is 5.25 Å². The molecular weight excluding hydrogens is 338 g/mol. The van der Waals surface area contributed by atoms with E-state index in [1.54, 1.807) is 0 Å². The molecule has 3 aliphatic heterocycles. The normalized spacial score (nSPS) is 45.8. The predicted molar refractivity (Wildman–Crippen MR) is 84.6 cm³/mol. The molecule has 0 amide bonds. The molecule has 3 aliphatic rings. The van der Waals surface area contributed by atoms with Gasteiger partial charge in [0.05, 0.1) is 34.1 Å². The van der Waals surface area contributed by atoms with Gasteiger partial charge in [-0.15, -0.1) is 0 Å². The van der Waals surface area contributed by atoms with Crippen LogP contribution in [-0.2, 0) is 19.7 Å². The molecule has 3 fully saturated rings. The zero-order valence-electron chi connectivity index (χ0n) is 11.3. The first-order chi connectivity index (χ1) is 8.98. The molecule has 0 aromatic carbocycles. The molecule has 114 valence electrons. The summed E-state index contributed by atoms with van der Waals surface area (Å²) in [7, 11) is -6.14. The zero-order valence-corrected chi connectivity index (χ0v) is 14.6. The van der Waals surface area contributed by atoms with Gasteiger partial charge in [0.15, 0.2) is 19.7 Å². The fourth-order valence-corrected chi connectivity index (χ4v) is 11.0. The molecule has 0 N–H and O–H groups in total. The Bertz CT molecular complexity index is 685. The molecule has 20 heavy (non-hydrogen) atoms. The van der Waals surface area contributed by atoms with Gasteiger partial charge < -0.3 is 4.90 Å². The summed E-state index contributed by atoms with van der Waals surface area (Å²) in [6.45, 7) is 3.80. The van der Waals surface area contributed by atoms with Crippen LogP contribution in [0.2, 0.25) is 0 Å². The Kier molecular flexibility index (Phi) is 3.09. The Morgan fingerprint density at radius 3 is 2.40 bits per heavy atom. The van der Waals surface area contributed by atoms with E-state index in [0.717, 1.165) is 0 Å². The Balaban J connectivity index is 2.03. The van der Waals surface area contributed by atoms with Crippen LogP contribution in [0.4, 0.5) is 0 Å². The average molecular weight is 356 g/mol. The molecule has 3 unspecified atom stereocenters. The van der Waals surface area contributed by atoms with E-state index in [1.165, 1.54) is 11.8 Å². The van der Waals surface area contributed by atoms with Gasteiger partial charge in [0.1, 0.15) is 4.32 Å². The van der Waals surface area contributed by atoms with E-state index >= 15 is 0 Å². The summed E-state index contributed by atoms with van der Waals surface area (Å²) >= 11 is 6.84. The van der Waals surface area contributed by atoms with Gasteiger partial charge >= 0.3 is 0 Å². The van der Waals surface area contributed by atoms with Crippen LogP contribution >= 0.6 is 24.0 Å². The number of rotatable bonds is 1. The highest BCUT2D eigenvalue weighted by Gasteiger charge is 2.62. The van der Waals surface area contributed by atoms with Crippen LogP contribution in [0.15, 0.2) is 0 Å². The standard InChI is InChI=1S/C11H17NO4S4/c1-10(3-4-19(13,14)6-10)12-9(17)18-8-5-20(15,16)7-11(8,12)2/h8H,3-7H2,1-2H3. The fraction of sp³-hybridized carbons (Fsp3) is 0.909. The van der Waals surface area contributed by atoms with Crippen molar-refractivity contribution in [3.8, 4) is 0 Å². The molecule has 3 rings (SSSR count). The summed E-state index contributed by atoms with van der Waals surface area (Å²) in [5.41, 5.74) is -1.15. The largest absolute Gasteiger partial charge is 0.343 e. The van der Waals surface area contributed by atoms with E-state index in [-0.39, 0.29) is 28.3 Å². The molecule has 3 atom stereocenters. The van der Waals surface area contributed by atoms with Gasteiger partial charge in [-0.1, -0.05) is 24.0 Å². The lowest BCUT2D eigenvalue weighted by molar-refractivity contribution is 0.123. The number of nitrogens with zero attached hydrogens (tertiary/aromatic N) is 1. The number of hydrogen-bond donors (Lipinski definition) is 0. The van der Waals surface area contributed by atoms with Crippen molar-refractivity contribution < 1.29 is 16.8 Å². The van der Waals surface area contributed by atoms with Crippen molar-refractivity contribution in [3.63, 3.8) is 0 Å². The van der Waals surface area contributed by atoms with Crippen molar-refractivity contribution in [1.29, 1.82) is 0 Å². The number of fused-ring (bicyclic) bond motifs is 1. The third kappa shape index (κ3) is 2.12. The Labute approximate surface area is 129 Å². The van der Waals surface area contributed by atoms with Gasteiger partial charge in [-0.25, -0.2) is 16.8 Å². The molecule has 3 heterocycles. The summed E-state index contributed by atoms with van der Waals surface area (Å²) in [5, 5.41) is -0.0832. The maximum absolute atomic E-state index is 11.9. The van der Waals surface area contributed by atoms with Crippen molar-refractivity contribution in [2.45, 2.75) is 36.6 Å². The van der Waals surface area contributed by atoms with Gasteiger partial charge in [0.2, 0.25) is 0 Å². The first kappa shape index (κ1) is 15.1. The quantitative estimate of drug-likeness (QED) is 0.633. The second-order valence-electron chi connectivity index (χ2n) is 6.46. The molecule has 9 heteroatoms. The first-order valence-electron chi connectivity index (χ1n) is 6.39. The minimum Gasteiger partial charge on any atom is -0.343 e. The van der Waals surface area contributed by atoms with E-state index < -0.39 is 30.8 Å². The van der Waals surface area contributed by atoms with E-state index in [2.05, 4.69) is 0 Å². The highest BCUT2D eigenvalue weighted by atomic mass is 32.2. The lowest BCUT2D eigenvalue weighted by atomic mass is 9.90. The summed E-state index contributed by atoms with van der Waals surface area (Å²) in [5.74, 6) is 0.408. The van der Waals surface area contributed by atoms with Crippen LogP contribution in [0.1, 0.15) is 20.3 Å². The third-order valence-corrected chi connectivity index (χ3v) is 10.3. The molecule has 0 aliphatic carbocycles. The highest BCUT2D eigenvalue weighted by molar-refractivity contribution is 8.24. The smallest absolute Gasteiger partial charge is 0.153 e. The molecule has 5 nitrogen and oxygen atoms in total. The summed E-state index contributed by atoms with van der Waals surface area (Å²) < 4.78 is 48.2. The van der Waals surface area contributed by atoms with E-state index in [1.807, 2.05) is 18.7 Å². The lowest BCUT2D eigenvalue weighted by Crippen LogP contribution is -2.60. The second kappa shape index (κ2) is 4.11. The van der Waals surface area contributed by atoms with Crippen molar-refractivity contribution in [2.24, 2.45) is 0 Å². The number of thioether (sulfide) groups is 1. The Morgan fingerprint density at radius 2 is 1.85 bits per heavy atom. The number of sulfone groups is 2. The van der Waals surface area contributed by atoms with Crippen molar-refractivity contribution >= 4 is 48.0 Å². The molecule has 0 saturated carbocycles. The molecule has 0 aromatic rings. The maximum atomic E-state index is 11.9. The van der Waals surface area contributed by atoms with Crippen LogP contribution in [0, 0.1) is 0 Å². The molecular formula is C11H17NO4S4. The molecule has 0 spiro atoms. The second-order valence-corrected chi connectivity index (χ2v) is 12.6. The lowest BCUT2D eigenvalue weighted by Gasteiger charge is -2.45.